The van der Waals surface area contributed by atoms with Crippen molar-refractivity contribution in [3.63, 3.8) is 0 Å². The van der Waals surface area contributed by atoms with Gasteiger partial charge in [-0.1, -0.05) is 0 Å². The molecule has 0 saturated heterocycles. The fourth-order valence-electron chi connectivity index (χ4n) is 1.51. The van der Waals surface area contributed by atoms with Crippen LogP contribution in [0.15, 0.2) is 0 Å². The molecule has 0 aliphatic heterocycles. The smallest absolute Gasteiger partial charge is 0.407 e. The van der Waals surface area contributed by atoms with E-state index in [4.69, 9.17) is 10.8 Å². The second kappa shape index (κ2) is 4.46. The Hall–Kier alpha value is -0.770. The summed E-state index contributed by atoms with van der Waals surface area (Å²) in [6.45, 7) is 8.05. The van der Waals surface area contributed by atoms with Gasteiger partial charge in [-0.25, -0.2) is 4.79 Å². The van der Waals surface area contributed by atoms with E-state index in [1.165, 1.54) is 4.90 Å². The second-order valence-corrected chi connectivity index (χ2v) is 4.25. The van der Waals surface area contributed by atoms with Gasteiger partial charge in [0.25, 0.3) is 0 Å². The highest BCUT2D eigenvalue weighted by molar-refractivity contribution is 5.66. The molecule has 0 rings (SSSR count). The summed E-state index contributed by atoms with van der Waals surface area (Å²) < 4.78 is 0. The molecule has 0 spiro atoms. The van der Waals surface area contributed by atoms with E-state index in [1.807, 2.05) is 27.7 Å². The summed E-state index contributed by atoms with van der Waals surface area (Å²) in [5.74, 6) is 0. The van der Waals surface area contributed by atoms with Crippen LogP contribution in [0, 0.1) is 0 Å². The van der Waals surface area contributed by atoms with E-state index in [9.17, 15) is 4.79 Å². The fraction of sp³-hybridized carbons (Fsp3) is 0.889. The summed E-state index contributed by atoms with van der Waals surface area (Å²) in [5.41, 5.74) is 5.03. The van der Waals surface area contributed by atoms with Crippen molar-refractivity contribution in [3.05, 3.63) is 0 Å². The van der Waals surface area contributed by atoms with E-state index in [1.54, 1.807) is 0 Å². The topological polar surface area (TPSA) is 66.6 Å². The molecule has 0 aromatic rings. The molecule has 13 heavy (non-hydrogen) atoms. The Morgan fingerprint density at radius 2 is 2.00 bits per heavy atom. The number of nitrogens with zero attached hydrogens (tertiary/aromatic N) is 1. The van der Waals surface area contributed by atoms with Gasteiger partial charge < -0.3 is 15.7 Å². The number of hydrogen-bond acceptors (Lipinski definition) is 2. The first-order valence-electron chi connectivity index (χ1n) is 4.53. The van der Waals surface area contributed by atoms with E-state index >= 15 is 0 Å². The van der Waals surface area contributed by atoms with Gasteiger partial charge in [-0.15, -0.1) is 0 Å². The van der Waals surface area contributed by atoms with Crippen molar-refractivity contribution in [2.24, 2.45) is 5.73 Å². The lowest BCUT2D eigenvalue weighted by atomic mass is 10.0. The van der Waals surface area contributed by atoms with Crippen LogP contribution < -0.4 is 5.73 Å². The predicted molar refractivity (Wildman–Crippen MR) is 52.8 cm³/mol. The van der Waals surface area contributed by atoms with Gasteiger partial charge in [0.2, 0.25) is 0 Å². The lowest BCUT2D eigenvalue weighted by Crippen LogP contribution is -2.50. The molecule has 0 bridgehead atoms. The predicted octanol–water partition coefficient (Wildman–Crippen LogP) is 1.50. The molecular formula is C9H20N2O2. The minimum atomic E-state index is -0.881. The van der Waals surface area contributed by atoms with Crippen molar-refractivity contribution < 1.29 is 9.90 Å². The standard InChI is InChI=1S/C9H20N2O2/c1-7(5-6-10)11(8(12)13)9(2,3)4/h7H,5-6,10H2,1-4H3,(H,12,13)/t7-/m1/s1. The van der Waals surface area contributed by atoms with Crippen molar-refractivity contribution >= 4 is 6.09 Å². The van der Waals surface area contributed by atoms with Crippen LogP contribution in [0.4, 0.5) is 4.79 Å². The maximum atomic E-state index is 10.9. The van der Waals surface area contributed by atoms with Gasteiger partial charge in [-0.3, -0.25) is 0 Å². The van der Waals surface area contributed by atoms with Crippen molar-refractivity contribution in [3.8, 4) is 0 Å². The summed E-state index contributed by atoms with van der Waals surface area (Å²) in [4.78, 5) is 12.4. The van der Waals surface area contributed by atoms with Crippen molar-refractivity contribution in [1.82, 2.24) is 4.90 Å². The maximum Gasteiger partial charge on any atom is 0.407 e. The number of hydrogen-bond donors (Lipinski definition) is 2. The van der Waals surface area contributed by atoms with Gasteiger partial charge in [0.05, 0.1) is 0 Å². The van der Waals surface area contributed by atoms with Gasteiger partial charge >= 0.3 is 6.09 Å². The highest BCUT2D eigenvalue weighted by Gasteiger charge is 2.29. The minimum Gasteiger partial charge on any atom is -0.465 e. The zero-order chi connectivity index (χ0) is 10.6. The van der Waals surface area contributed by atoms with E-state index in [-0.39, 0.29) is 11.6 Å². The zero-order valence-corrected chi connectivity index (χ0v) is 8.87. The molecule has 0 aromatic carbocycles. The third-order valence-electron chi connectivity index (χ3n) is 1.95. The summed E-state index contributed by atoms with van der Waals surface area (Å²) in [5, 5.41) is 8.99. The largest absolute Gasteiger partial charge is 0.465 e. The van der Waals surface area contributed by atoms with Crippen LogP contribution in [0.25, 0.3) is 0 Å². The number of rotatable bonds is 3. The van der Waals surface area contributed by atoms with Gasteiger partial charge in [-0.05, 0) is 40.7 Å². The zero-order valence-electron chi connectivity index (χ0n) is 8.87. The number of amides is 1. The third kappa shape index (κ3) is 3.63. The van der Waals surface area contributed by atoms with Crippen LogP contribution in [0.3, 0.4) is 0 Å². The number of carboxylic acid groups (broad SMARTS) is 1. The highest BCUT2D eigenvalue weighted by Crippen LogP contribution is 2.18. The van der Waals surface area contributed by atoms with E-state index < -0.39 is 6.09 Å². The van der Waals surface area contributed by atoms with E-state index in [0.717, 1.165) is 0 Å². The first kappa shape index (κ1) is 12.2. The van der Waals surface area contributed by atoms with Gasteiger partial charge in [0.15, 0.2) is 0 Å². The monoisotopic (exact) mass is 188 g/mol. The van der Waals surface area contributed by atoms with E-state index in [0.29, 0.717) is 13.0 Å². The Morgan fingerprint density at radius 3 is 2.23 bits per heavy atom. The van der Waals surface area contributed by atoms with Gasteiger partial charge in [0, 0.05) is 11.6 Å². The number of nitrogens with two attached hydrogens (primary N) is 1. The van der Waals surface area contributed by atoms with Crippen LogP contribution in [-0.4, -0.2) is 34.2 Å². The van der Waals surface area contributed by atoms with Crippen LogP contribution >= 0.6 is 0 Å². The summed E-state index contributed by atoms with van der Waals surface area (Å²) in [6, 6.07) is -0.0255. The Bertz CT molecular complexity index is 175. The SMILES string of the molecule is C[C@H](CCN)N(C(=O)O)C(C)(C)C. The quantitative estimate of drug-likeness (QED) is 0.705. The summed E-state index contributed by atoms with van der Waals surface area (Å²) in [6.07, 6.45) is -0.183. The summed E-state index contributed by atoms with van der Waals surface area (Å²) >= 11 is 0. The molecule has 3 N–H and O–H groups in total. The van der Waals surface area contributed by atoms with Crippen LogP contribution in [0.5, 0.6) is 0 Å². The molecule has 0 aliphatic rings. The second-order valence-electron chi connectivity index (χ2n) is 4.25. The Morgan fingerprint density at radius 1 is 1.54 bits per heavy atom. The Kier molecular flexibility index (Phi) is 4.20. The maximum absolute atomic E-state index is 10.9. The van der Waals surface area contributed by atoms with Crippen molar-refractivity contribution in [2.45, 2.75) is 45.7 Å². The molecule has 0 radical (unpaired) electrons. The first-order valence-corrected chi connectivity index (χ1v) is 4.53. The lowest BCUT2D eigenvalue weighted by molar-refractivity contribution is 0.0736. The lowest BCUT2D eigenvalue weighted by Gasteiger charge is -2.37. The molecule has 78 valence electrons. The van der Waals surface area contributed by atoms with Crippen molar-refractivity contribution in [2.75, 3.05) is 6.54 Å². The molecule has 0 aliphatic carbocycles. The Balaban J connectivity index is 4.52. The highest BCUT2D eigenvalue weighted by atomic mass is 16.4. The molecule has 4 heteroatoms. The molecule has 0 unspecified atom stereocenters. The van der Waals surface area contributed by atoms with Crippen LogP contribution in [0.1, 0.15) is 34.1 Å². The molecule has 0 fully saturated rings. The van der Waals surface area contributed by atoms with Gasteiger partial charge in [-0.2, -0.15) is 0 Å². The number of carbonyl (C=O) groups is 1. The fourth-order valence-corrected chi connectivity index (χ4v) is 1.51. The van der Waals surface area contributed by atoms with Crippen molar-refractivity contribution in [1.29, 1.82) is 0 Å². The van der Waals surface area contributed by atoms with Crippen LogP contribution in [0.2, 0.25) is 0 Å². The molecule has 1 amide bonds. The minimum absolute atomic E-state index is 0.0255. The van der Waals surface area contributed by atoms with E-state index in [2.05, 4.69) is 0 Å². The first-order chi connectivity index (χ1) is 5.80. The molecule has 4 nitrogen and oxygen atoms in total. The average Bonchev–Trinajstić information content (AvgIpc) is 1.82. The molecule has 0 aromatic heterocycles. The average molecular weight is 188 g/mol. The normalized spacial score (nSPS) is 13.9. The third-order valence-corrected chi connectivity index (χ3v) is 1.95. The van der Waals surface area contributed by atoms with Crippen LogP contribution in [-0.2, 0) is 0 Å². The molecule has 0 saturated carbocycles. The van der Waals surface area contributed by atoms with Gasteiger partial charge in [0.1, 0.15) is 0 Å². The molecule has 1 atom stereocenters. The molecular weight excluding hydrogens is 168 g/mol. The summed E-state index contributed by atoms with van der Waals surface area (Å²) in [7, 11) is 0. The Labute approximate surface area is 79.7 Å². The molecule has 0 heterocycles.